The molecule has 6 heteroatoms. The number of carboxylic acid groups (broad SMARTS) is 1. The molecule has 21 heavy (non-hydrogen) atoms. The molecule has 1 aromatic rings. The van der Waals surface area contributed by atoms with Crippen LogP contribution in [0.1, 0.15) is 37.8 Å². The molecule has 2 unspecified atom stereocenters. The van der Waals surface area contributed by atoms with E-state index < -0.39 is 17.9 Å². The molecule has 1 aliphatic heterocycles. The molecular weight excluding hydrogens is 313 g/mol. The Labute approximate surface area is 133 Å². The fraction of sp³-hybridized carbons (Fsp3) is 0.467. The van der Waals surface area contributed by atoms with E-state index in [1.807, 2.05) is 6.92 Å². The lowest BCUT2D eigenvalue weighted by Crippen LogP contribution is -2.45. The summed E-state index contributed by atoms with van der Waals surface area (Å²) in [5.74, 6) is -1.55. The maximum Gasteiger partial charge on any atom is 0.308 e. The molecule has 1 aliphatic rings. The number of likely N-dealkylation sites (tertiary alicyclic amines) is 1. The normalized spacial score (nSPS) is 22.4. The van der Waals surface area contributed by atoms with E-state index in [0.717, 1.165) is 6.42 Å². The van der Waals surface area contributed by atoms with Gasteiger partial charge in [0.2, 0.25) is 5.91 Å². The van der Waals surface area contributed by atoms with Crippen LogP contribution in [-0.2, 0) is 9.59 Å². The van der Waals surface area contributed by atoms with Crippen LogP contribution in [0.5, 0.6) is 0 Å². The Bertz CT molecular complexity index is 542. The summed E-state index contributed by atoms with van der Waals surface area (Å²) in [5, 5.41) is 10.4. The minimum Gasteiger partial charge on any atom is -0.481 e. The van der Waals surface area contributed by atoms with Crippen molar-refractivity contribution >= 4 is 35.1 Å². The monoisotopic (exact) mass is 329 g/mol. The number of carboxylic acids is 1. The van der Waals surface area contributed by atoms with Gasteiger partial charge in [-0.3, -0.25) is 9.59 Å². The number of hydrogen-bond donors (Lipinski definition) is 1. The lowest BCUT2D eigenvalue weighted by atomic mass is 9.84. The second-order valence-corrected chi connectivity index (χ2v) is 6.09. The van der Waals surface area contributed by atoms with Gasteiger partial charge in [-0.1, -0.05) is 30.1 Å². The third kappa shape index (κ3) is 3.50. The third-order valence-corrected chi connectivity index (χ3v) is 4.15. The summed E-state index contributed by atoms with van der Waals surface area (Å²) in [6.07, 6.45) is 1.37. The molecule has 2 rings (SSSR count). The number of benzene rings is 1. The Morgan fingerprint density at radius 3 is 2.48 bits per heavy atom. The predicted molar refractivity (Wildman–Crippen MR) is 81.6 cm³/mol. The highest BCUT2D eigenvalue weighted by Crippen LogP contribution is 2.38. The molecule has 1 amide bonds. The molecule has 0 saturated carbocycles. The Kier molecular flexibility index (Phi) is 5.12. The van der Waals surface area contributed by atoms with Crippen molar-refractivity contribution < 1.29 is 14.7 Å². The second-order valence-electron chi connectivity index (χ2n) is 5.22. The summed E-state index contributed by atoms with van der Waals surface area (Å²) in [5.41, 5.74) is 0.682. The molecule has 2 atom stereocenters. The zero-order valence-corrected chi connectivity index (χ0v) is 13.2. The maximum absolute atomic E-state index is 12.2. The van der Waals surface area contributed by atoms with Gasteiger partial charge in [0.1, 0.15) is 0 Å². The summed E-state index contributed by atoms with van der Waals surface area (Å²) in [4.78, 5) is 25.4. The van der Waals surface area contributed by atoms with Crippen LogP contribution < -0.4 is 0 Å². The first kappa shape index (κ1) is 16.1. The minimum atomic E-state index is -0.898. The van der Waals surface area contributed by atoms with E-state index >= 15 is 0 Å². The minimum absolute atomic E-state index is 0.0181. The molecular formula is C15H17Cl2NO3. The molecule has 0 aliphatic carbocycles. The highest BCUT2D eigenvalue weighted by molar-refractivity contribution is 6.34. The van der Waals surface area contributed by atoms with Crippen LogP contribution in [0.4, 0.5) is 0 Å². The standard InChI is InChI=1S/C15H17Cl2NO3/c1-2-5-18-13(19)4-3-12(15(20)21)14(18)9-6-10(16)8-11(17)7-9/h6-8,12,14H,2-5H2,1H3,(H,20,21). The number of rotatable bonds is 4. The van der Waals surface area contributed by atoms with Crippen molar-refractivity contribution in [1.29, 1.82) is 0 Å². The van der Waals surface area contributed by atoms with Crippen LogP contribution in [0.15, 0.2) is 18.2 Å². The van der Waals surface area contributed by atoms with Crippen molar-refractivity contribution in [2.75, 3.05) is 6.54 Å². The van der Waals surface area contributed by atoms with Gasteiger partial charge in [0, 0.05) is 23.0 Å². The van der Waals surface area contributed by atoms with Crippen molar-refractivity contribution in [1.82, 2.24) is 4.90 Å². The first-order valence-corrected chi connectivity index (χ1v) is 7.68. The third-order valence-electron chi connectivity index (χ3n) is 3.71. The number of halogens is 2. The number of piperidine rings is 1. The fourth-order valence-corrected chi connectivity index (χ4v) is 3.42. The van der Waals surface area contributed by atoms with Crippen molar-refractivity contribution in [3.8, 4) is 0 Å². The maximum atomic E-state index is 12.2. The predicted octanol–water partition coefficient (Wildman–Crippen LogP) is 3.77. The van der Waals surface area contributed by atoms with Gasteiger partial charge in [-0.05, 0) is 36.6 Å². The molecule has 0 radical (unpaired) electrons. The van der Waals surface area contributed by atoms with E-state index in [-0.39, 0.29) is 12.3 Å². The zero-order chi connectivity index (χ0) is 15.6. The van der Waals surface area contributed by atoms with Gasteiger partial charge in [0.25, 0.3) is 0 Å². The van der Waals surface area contributed by atoms with Gasteiger partial charge in [0.05, 0.1) is 12.0 Å². The molecule has 1 saturated heterocycles. The first-order valence-electron chi connectivity index (χ1n) is 6.92. The summed E-state index contributed by atoms with van der Waals surface area (Å²) < 4.78 is 0. The van der Waals surface area contributed by atoms with E-state index in [1.54, 1.807) is 23.1 Å². The molecule has 4 nitrogen and oxygen atoms in total. The Morgan fingerprint density at radius 1 is 1.33 bits per heavy atom. The van der Waals surface area contributed by atoms with Crippen molar-refractivity contribution in [2.45, 2.75) is 32.2 Å². The van der Waals surface area contributed by atoms with Gasteiger partial charge >= 0.3 is 5.97 Å². The Balaban J connectivity index is 2.48. The quantitative estimate of drug-likeness (QED) is 0.914. The summed E-state index contributed by atoms with van der Waals surface area (Å²) in [6.45, 7) is 2.48. The number of carbonyl (C=O) groups is 2. The smallest absolute Gasteiger partial charge is 0.308 e. The first-order chi connectivity index (χ1) is 9.93. The Morgan fingerprint density at radius 2 is 1.95 bits per heavy atom. The highest BCUT2D eigenvalue weighted by atomic mass is 35.5. The van der Waals surface area contributed by atoms with E-state index in [4.69, 9.17) is 23.2 Å². The summed E-state index contributed by atoms with van der Waals surface area (Å²) in [6, 6.07) is 4.46. The van der Waals surface area contributed by atoms with Gasteiger partial charge < -0.3 is 10.0 Å². The second kappa shape index (κ2) is 6.67. The highest BCUT2D eigenvalue weighted by Gasteiger charge is 2.40. The largest absolute Gasteiger partial charge is 0.481 e. The average Bonchev–Trinajstić information content (AvgIpc) is 2.39. The molecule has 0 spiro atoms. The SMILES string of the molecule is CCCN1C(=O)CCC(C(=O)O)C1c1cc(Cl)cc(Cl)c1. The van der Waals surface area contributed by atoms with Gasteiger partial charge in [-0.25, -0.2) is 0 Å². The topological polar surface area (TPSA) is 57.6 Å². The molecule has 1 fully saturated rings. The van der Waals surface area contributed by atoms with Crippen LogP contribution in [0.2, 0.25) is 10.0 Å². The zero-order valence-electron chi connectivity index (χ0n) is 11.7. The molecule has 1 aromatic carbocycles. The van der Waals surface area contributed by atoms with Crippen LogP contribution in [0, 0.1) is 5.92 Å². The van der Waals surface area contributed by atoms with Gasteiger partial charge in [0.15, 0.2) is 0 Å². The number of carbonyl (C=O) groups excluding carboxylic acids is 1. The van der Waals surface area contributed by atoms with E-state index in [9.17, 15) is 14.7 Å². The van der Waals surface area contributed by atoms with E-state index in [2.05, 4.69) is 0 Å². The number of nitrogens with zero attached hydrogens (tertiary/aromatic N) is 1. The molecule has 0 bridgehead atoms. The van der Waals surface area contributed by atoms with E-state index in [0.29, 0.717) is 28.6 Å². The lowest BCUT2D eigenvalue weighted by Gasteiger charge is -2.39. The molecule has 1 N–H and O–H groups in total. The molecule has 114 valence electrons. The lowest BCUT2D eigenvalue weighted by molar-refractivity contribution is -0.152. The Hall–Kier alpha value is -1.26. The van der Waals surface area contributed by atoms with Crippen molar-refractivity contribution in [3.05, 3.63) is 33.8 Å². The molecule has 0 aromatic heterocycles. The van der Waals surface area contributed by atoms with Gasteiger partial charge in [-0.15, -0.1) is 0 Å². The fourth-order valence-electron chi connectivity index (χ4n) is 2.87. The summed E-state index contributed by atoms with van der Waals surface area (Å²) >= 11 is 12.0. The van der Waals surface area contributed by atoms with Crippen molar-refractivity contribution in [2.24, 2.45) is 5.92 Å². The number of aliphatic carboxylic acids is 1. The summed E-state index contributed by atoms with van der Waals surface area (Å²) in [7, 11) is 0. The van der Waals surface area contributed by atoms with Crippen LogP contribution in [0.3, 0.4) is 0 Å². The van der Waals surface area contributed by atoms with Crippen LogP contribution >= 0.6 is 23.2 Å². The molecule has 1 heterocycles. The number of hydrogen-bond acceptors (Lipinski definition) is 2. The van der Waals surface area contributed by atoms with Crippen LogP contribution in [0.25, 0.3) is 0 Å². The average molecular weight is 330 g/mol. The van der Waals surface area contributed by atoms with Crippen molar-refractivity contribution in [3.63, 3.8) is 0 Å². The van der Waals surface area contributed by atoms with Gasteiger partial charge in [-0.2, -0.15) is 0 Å². The van der Waals surface area contributed by atoms with Crippen LogP contribution in [-0.4, -0.2) is 28.4 Å². The number of amides is 1. The van der Waals surface area contributed by atoms with E-state index in [1.165, 1.54) is 0 Å².